The number of hydrogen-bond acceptors (Lipinski definition) is 3. The van der Waals surface area contributed by atoms with Gasteiger partial charge in [0.2, 0.25) is 0 Å². The van der Waals surface area contributed by atoms with Crippen molar-refractivity contribution < 1.29 is 9.47 Å². The lowest BCUT2D eigenvalue weighted by atomic mass is 9.48. The third-order valence-electron chi connectivity index (χ3n) is 6.83. The van der Waals surface area contributed by atoms with Gasteiger partial charge in [-0.25, -0.2) is 0 Å². The van der Waals surface area contributed by atoms with E-state index < -0.39 is 0 Å². The van der Waals surface area contributed by atoms with Crippen LogP contribution in [0, 0.1) is 23.2 Å². The number of benzene rings is 1. The summed E-state index contributed by atoms with van der Waals surface area (Å²) in [6.45, 7) is 2.34. The minimum Gasteiger partial charge on any atom is -0.493 e. The van der Waals surface area contributed by atoms with Crippen molar-refractivity contribution >= 4 is 6.21 Å². The van der Waals surface area contributed by atoms with Crippen LogP contribution in [0.3, 0.4) is 0 Å². The number of hydrogen-bond donors (Lipinski definition) is 0. The zero-order valence-corrected chi connectivity index (χ0v) is 15.1. The molecule has 0 aliphatic heterocycles. The fourth-order valence-electron chi connectivity index (χ4n) is 5.98. The first-order valence-electron chi connectivity index (χ1n) is 9.37. The first-order chi connectivity index (χ1) is 11.6. The van der Waals surface area contributed by atoms with Gasteiger partial charge in [-0.2, -0.15) is 0 Å². The van der Waals surface area contributed by atoms with Crippen LogP contribution in [0.5, 0.6) is 11.5 Å². The van der Waals surface area contributed by atoms with E-state index in [1.54, 1.807) is 14.2 Å². The monoisotopic (exact) mass is 327 g/mol. The summed E-state index contributed by atoms with van der Waals surface area (Å²) >= 11 is 0. The van der Waals surface area contributed by atoms with E-state index in [-0.39, 0.29) is 0 Å². The first kappa shape index (κ1) is 16.0. The third kappa shape index (κ3) is 2.72. The van der Waals surface area contributed by atoms with Crippen molar-refractivity contribution in [2.24, 2.45) is 28.2 Å². The van der Waals surface area contributed by atoms with Crippen LogP contribution < -0.4 is 9.47 Å². The van der Waals surface area contributed by atoms with E-state index in [1.165, 1.54) is 38.5 Å². The molecule has 4 saturated carbocycles. The average Bonchev–Trinajstić information content (AvgIpc) is 2.58. The van der Waals surface area contributed by atoms with Gasteiger partial charge in [0.25, 0.3) is 0 Å². The van der Waals surface area contributed by atoms with E-state index in [1.807, 2.05) is 18.3 Å². The number of rotatable bonds is 5. The van der Waals surface area contributed by atoms with E-state index in [2.05, 4.69) is 13.0 Å². The summed E-state index contributed by atoms with van der Waals surface area (Å²) in [4.78, 5) is 4.99. The Balaban J connectivity index is 1.52. The second kappa shape index (κ2) is 6.09. The van der Waals surface area contributed by atoms with Crippen LogP contribution in [-0.4, -0.2) is 26.5 Å². The van der Waals surface area contributed by atoms with Crippen LogP contribution >= 0.6 is 0 Å². The summed E-state index contributed by atoms with van der Waals surface area (Å²) in [5.41, 5.74) is 1.56. The Hall–Kier alpha value is -1.51. The molecule has 0 amide bonds. The maximum Gasteiger partial charge on any atom is 0.161 e. The molecule has 3 nitrogen and oxygen atoms in total. The van der Waals surface area contributed by atoms with Gasteiger partial charge in [-0.1, -0.05) is 0 Å². The van der Waals surface area contributed by atoms with E-state index >= 15 is 0 Å². The minimum atomic E-state index is 0.416. The number of ether oxygens (including phenoxy) is 2. The van der Waals surface area contributed by atoms with E-state index in [4.69, 9.17) is 14.5 Å². The van der Waals surface area contributed by atoms with Crippen LogP contribution in [0.25, 0.3) is 0 Å². The Morgan fingerprint density at radius 1 is 1.00 bits per heavy atom. The second-order valence-corrected chi connectivity index (χ2v) is 8.35. The normalized spacial score (nSPS) is 35.4. The van der Waals surface area contributed by atoms with Gasteiger partial charge in [-0.3, -0.25) is 4.99 Å². The molecule has 0 aromatic heterocycles. The summed E-state index contributed by atoms with van der Waals surface area (Å²) in [5.74, 6) is 4.48. The standard InChI is InChI=1S/C21H29NO2/c1-14(21-10-16-6-17(11-21)8-18(7-16)12-21)22-13-15-4-5-19(23-2)20(9-15)24-3/h4-5,9,13-14,16-18H,6-8,10-12H2,1-3H3. The molecule has 0 spiro atoms. The molecule has 0 heterocycles. The van der Waals surface area contributed by atoms with Gasteiger partial charge in [-0.05, 0) is 92.4 Å². The quantitative estimate of drug-likeness (QED) is 0.732. The highest BCUT2D eigenvalue weighted by Gasteiger charge is 2.53. The topological polar surface area (TPSA) is 30.8 Å². The second-order valence-electron chi connectivity index (χ2n) is 8.35. The molecular weight excluding hydrogens is 298 g/mol. The minimum absolute atomic E-state index is 0.416. The molecule has 4 fully saturated rings. The Labute approximate surface area is 145 Å². The van der Waals surface area contributed by atoms with Gasteiger partial charge >= 0.3 is 0 Å². The molecule has 0 N–H and O–H groups in total. The molecule has 1 aromatic carbocycles. The van der Waals surface area contributed by atoms with Gasteiger partial charge in [0.05, 0.1) is 20.3 Å². The van der Waals surface area contributed by atoms with Gasteiger partial charge in [0.15, 0.2) is 11.5 Å². The number of aliphatic imine (C=N–C) groups is 1. The Morgan fingerprint density at radius 3 is 2.12 bits per heavy atom. The molecule has 1 aromatic rings. The maximum atomic E-state index is 5.40. The lowest BCUT2D eigenvalue weighted by Crippen LogP contribution is -2.50. The largest absolute Gasteiger partial charge is 0.493 e. The van der Waals surface area contributed by atoms with E-state index in [9.17, 15) is 0 Å². The highest BCUT2D eigenvalue weighted by atomic mass is 16.5. The molecular formula is C21H29NO2. The molecule has 4 aliphatic carbocycles. The predicted molar refractivity (Wildman–Crippen MR) is 97.2 cm³/mol. The average molecular weight is 327 g/mol. The van der Waals surface area contributed by atoms with Crippen LogP contribution in [-0.2, 0) is 0 Å². The first-order valence-corrected chi connectivity index (χ1v) is 9.37. The van der Waals surface area contributed by atoms with Crippen LogP contribution in [0.1, 0.15) is 51.0 Å². The van der Waals surface area contributed by atoms with Crippen molar-refractivity contribution in [3.8, 4) is 11.5 Å². The molecule has 24 heavy (non-hydrogen) atoms. The molecule has 1 unspecified atom stereocenters. The Kier molecular flexibility index (Phi) is 4.06. The lowest BCUT2D eigenvalue weighted by Gasteiger charge is -2.58. The van der Waals surface area contributed by atoms with Crippen molar-refractivity contribution in [3.63, 3.8) is 0 Å². The highest BCUT2D eigenvalue weighted by molar-refractivity contribution is 5.81. The van der Waals surface area contributed by atoms with Crippen molar-refractivity contribution in [3.05, 3.63) is 23.8 Å². The van der Waals surface area contributed by atoms with Gasteiger partial charge < -0.3 is 9.47 Å². The molecule has 0 saturated heterocycles. The zero-order valence-electron chi connectivity index (χ0n) is 15.1. The van der Waals surface area contributed by atoms with Crippen LogP contribution in [0.15, 0.2) is 23.2 Å². The predicted octanol–water partition coefficient (Wildman–Crippen LogP) is 4.73. The molecule has 0 radical (unpaired) electrons. The summed E-state index contributed by atoms with van der Waals surface area (Å²) in [5, 5.41) is 0. The third-order valence-corrected chi connectivity index (χ3v) is 6.83. The van der Waals surface area contributed by atoms with Gasteiger partial charge in [0, 0.05) is 6.21 Å². The Bertz CT molecular complexity index is 601. The highest BCUT2D eigenvalue weighted by Crippen LogP contribution is 2.61. The molecule has 4 bridgehead atoms. The SMILES string of the molecule is COc1ccc(C=NC(C)C23CC4CC(CC(C4)C2)C3)cc1OC. The van der Waals surface area contributed by atoms with Crippen molar-refractivity contribution in [2.75, 3.05) is 14.2 Å². The van der Waals surface area contributed by atoms with Crippen LogP contribution in [0.4, 0.5) is 0 Å². The molecule has 1 atom stereocenters. The summed E-state index contributed by atoms with van der Waals surface area (Å²) in [6, 6.07) is 6.43. The fourth-order valence-corrected chi connectivity index (χ4v) is 5.98. The molecule has 4 aliphatic rings. The van der Waals surface area contributed by atoms with Crippen molar-refractivity contribution in [2.45, 2.75) is 51.5 Å². The lowest BCUT2D eigenvalue weighted by molar-refractivity contribution is -0.0632. The zero-order chi connectivity index (χ0) is 16.7. The Morgan fingerprint density at radius 2 is 1.58 bits per heavy atom. The smallest absolute Gasteiger partial charge is 0.161 e. The fraction of sp³-hybridized carbons (Fsp3) is 0.667. The summed E-state index contributed by atoms with van der Waals surface area (Å²) in [6.07, 6.45) is 10.7. The van der Waals surface area contributed by atoms with Gasteiger partial charge in [-0.15, -0.1) is 0 Å². The molecule has 3 heteroatoms. The molecule has 5 rings (SSSR count). The number of nitrogens with zero attached hydrogens (tertiary/aromatic N) is 1. The van der Waals surface area contributed by atoms with E-state index in [0.717, 1.165) is 34.8 Å². The van der Waals surface area contributed by atoms with Crippen molar-refractivity contribution in [1.29, 1.82) is 0 Å². The van der Waals surface area contributed by atoms with Gasteiger partial charge in [0.1, 0.15) is 0 Å². The summed E-state index contributed by atoms with van der Waals surface area (Å²) in [7, 11) is 3.34. The summed E-state index contributed by atoms with van der Waals surface area (Å²) < 4.78 is 10.7. The van der Waals surface area contributed by atoms with Crippen LogP contribution in [0.2, 0.25) is 0 Å². The van der Waals surface area contributed by atoms with E-state index in [0.29, 0.717) is 11.5 Å². The van der Waals surface area contributed by atoms with Crippen molar-refractivity contribution in [1.82, 2.24) is 0 Å². The number of methoxy groups -OCH3 is 2. The molecule has 130 valence electrons. The maximum absolute atomic E-state index is 5.40.